The molecular formula is C14H9Cl2FN2O. The smallest absolute Gasteiger partial charge is 0.143 e. The first-order valence-electron chi connectivity index (χ1n) is 5.62. The van der Waals surface area contributed by atoms with Crippen LogP contribution in [-0.4, -0.2) is 5.11 Å². The molecule has 2 rings (SSSR count). The number of nitrogens with one attached hydrogen (secondary N) is 1. The van der Waals surface area contributed by atoms with Crippen molar-refractivity contribution in [3.8, 4) is 11.8 Å². The fourth-order valence-corrected chi connectivity index (χ4v) is 2.27. The van der Waals surface area contributed by atoms with Gasteiger partial charge in [-0.2, -0.15) is 5.26 Å². The van der Waals surface area contributed by atoms with Gasteiger partial charge < -0.3 is 10.4 Å². The van der Waals surface area contributed by atoms with E-state index in [1.54, 1.807) is 18.2 Å². The number of hydrogen-bond donors (Lipinski definition) is 2. The monoisotopic (exact) mass is 310 g/mol. The van der Waals surface area contributed by atoms with Gasteiger partial charge in [0.05, 0.1) is 10.7 Å². The number of nitriles is 1. The van der Waals surface area contributed by atoms with Crippen molar-refractivity contribution in [1.82, 2.24) is 0 Å². The van der Waals surface area contributed by atoms with Crippen molar-refractivity contribution in [3.05, 3.63) is 57.3 Å². The zero-order valence-electron chi connectivity index (χ0n) is 10.1. The Hall–Kier alpha value is -1.96. The van der Waals surface area contributed by atoms with Crippen LogP contribution in [0.2, 0.25) is 10.0 Å². The fraction of sp³-hybridized carbons (Fsp3) is 0.0714. The SMILES string of the molecule is N#Cc1c(F)cccc1NCc1cc(Cl)cc(Cl)c1O. The number of phenolic OH excluding ortho intramolecular Hbond substituents is 1. The summed E-state index contributed by atoms with van der Waals surface area (Å²) < 4.78 is 13.4. The molecule has 2 aromatic rings. The van der Waals surface area contributed by atoms with Crippen LogP contribution in [0.4, 0.5) is 10.1 Å². The highest BCUT2D eigenvalue weighted by Crippen LogP contribution is 2.31. The summed E-state index contributed by atoms with van der Waals surface area (Å²) in [5, 5.41) is 22.1. The van der Waals surface area contributed by atoms with E-state index in [1.807, 2.05) is 0 Å². The van der Waals surface area contributed by atoms with Gasteiger partial charge in [-0.05, 0) is 24.3 Å². The van der Waals surface area contributed by atoms with E-state index in [1.165, 1.54) is 18.2 Å². The lowest BCUT2D eigenvalue weighted by atomic mass is 10.1. The zero-order chi connectivity index (χ0) is 14.7. The van der Waals surface area contributed by atoms with Gasteiger partial charge in [0.1, 0.15) is 23.2 Å². The number of anilines is 1. The molecule has 0 saturated carbocycles. The van der Waals surface area contributed by atoms with Crippen LogP contribution >= 0.6 is 23.2 Å². The topological polar surface area (TPSA) is 56.0 Å². The molecule has 102 valence electrons. The minimum atomic E-state index is -0.606. The molecule has 20 heavy (non-hydrogen) atoms. The largest absolute Gasteiger partial charge is 0.506 e. The molecule has 0 bridgehead atoms. The molecule has 0 saturated heterocycles. The van der Waals surface area contributed by atoms with E-state index in [-0.39, 0.29) is 22.9 Å². The van der Waals surface area contributed by atoms with Crippen molar-refractivity contribution in [3.63, 3.8) is 0 Å². The molecule has 0 heterocycles. The fourth-order valence-electron chi connectivity index (χ4n) is 1.73. The third-order valence-corrected chi connectivity index (χ3v) is 3.21. The van der Waals surface area contributed by atoms with Crippen molar-refractivity contribution in [2.45, 2.75) is 6.54 Å². The summed E-state index contributed by atoms with van der Waals surface area (Å²) in [7, 11) is 0. The Morgan fingerprint density at radius 1 is 1.30 bits per heavy atom. The summed E-state index contributed by atoms with van der Waals surface area (Å²) in [6.45, 7) is 0.157. The Kier molecular flexibility index (Phi) is 4.33. The Labute approximate surface area is 125 Å². The maximum absolute atomic E-state index is 13.4. The van der Waals surface area contributed by atoms with Crippen LogP contribution < -0.4 is 5.32 Å². The lowest BCUT2D eigenvalue weighted by Gasteiger charge is -2.11. The maximum atomic E-state index is 13.4. The van der Waals surface area contributed by atoms with Crippen LogP contribution in [0.3, 0.4) is 0 Å². The molecule has 6 heteroatoms. The second-order valence-electron chi connectivity index (χ2n) is 4.02. The molecule has 0 aromatic heterocycles. The number of aromatic hydroxyl groups is 1. The second kappa shape index (κ2) is 6.00. The first-order chi connectivity index (χ1) is 9.52. The van der Waals surface area contributed by atoms with E-state index in [9.17, 15) is 9.50 Å². The first kappa shape index (κ1) is 14.4. The van der Waals surface area contributed by atoms with Gasteiger partial charge in [-0.15, -0.1) is 0 Å². The highest BCUT2D eigenvalue weighted by molar-refractivity contribution is 6.35. The summed E-state index contributed by atoms with van der Waals surface area (Å²) in [5.41, 5.74) is 0.707. The summed E-state index contributed by atoms with van der Waals surface area (Å²) in [4.78, 5) is 0. The van der Waals surface area contributed by atoms with Crippen molar-refractivity contribution in [1.29, 1.82) is 5.26 Å². The Morgan fingerprint density at radius 3 is 2.75 bits per heavy atom. The van der Waals surface area contributed by atoms with Crippen molar-refractivity contribution >= 4 is 28.9 Å². The molecule has 0 unspecified atom stereocenters. The average molecular weight is 311 g/mol. The van der Waals surface area contributed by atoms with E-state index < -0.39 is 5.82 Å². The van der Waals surface area contributed by atoms with Gasteiger partial charge in [0.25, 0.3) is 0 Å². The van der Waals surface area contributed by atoms with Crippen LogP contribution in [0.25, 0.3) is 0 Å². The maximum Gasteiger partial charge on any atom is 0.143 e. The summed E-state index contributed by atoms with van der Waals surface area (Å²) in [6, 6.07) is 9.02. The van der Waals surface area contributed by atoms with Gasteiger partial charge in [0, 0.05) is 17.1 Å². The number of nitrogens with zero attached hydrogens (tertiary/aromatic N) is 1. The summed E-state index contributed by atoms with van der Waals surface area (Å²) in [5.74, 6) is -0.704. The molecule has 0 aliphatic rings. The Bertz CT molecular complexity index is 698. The van der Waals surface area contributed by atoms with E-state index in [4.69, 9.17) is 28.5 Å². The van der Waals surface area contributed by atoms with Gasteiger partial charge in [0.2, 0.25) is 0 Å². The first-order valence-corrected chi connectivity index (χ1v) is 6.38. The third kappa shape index (κ3) is 2.96. The standard InChI is InChI=1S/C14H9Cl2FN2O/c15-9-4-8(14(20)11(16)5-9)7-19-13-3-1-2-12(17)10(13)6-18/h1-5,19-20H,7H2. The number of benzene rings is 2. The Balaban J connectivity index is 2.26. The molecule has 0 aliphatic carbocycles. The highest BCUT2D eigenvalue weighted by Gasteiger charge is 2.10. The van der Waals surface area contributed by atoms with Gasteiger partial charge in [-0.1, -0.05) is 29.3 Å². The van der Waals surface area contributed by atoms with Gasteiger partial charge in [-0.25, -0.2) is 4.39 Å². The second-order valence-corrected chi connectivity index (χ2v) is 4.87. The number of rotatable bonds is 3. The Morgan fingerprint density at radius 2 is 2.05 bits per heavy atom. The molecule has 0 radical (unpaired) electrons. The van der Waals surface area contributed by atoms with Crippen molar-refractivity contribution < 1.29 is 9.50 Å². The minimum absolute atomic E-state index is 0.0832. The van der Waals surface area contributed by atoms with E-state index in [0.29, 0.717) is 16.3 Å². The van der Waals surface area contributed by atoms with Crippen LogP contribution in [0, 0.1) is 17.1 Å². The van der Waals surface area contributed by atoms with E-state index in [2.05, 4.69) is 5.32 Å². The predicted octanol–water partition coefficient (Wildman–Crippen LogP) is 4.32. The molecule has 2 aromatic carbocycles. The van der Waals surface area contributed by atoms with Crippen LogP contribution in [0.15, 0.2) is 30.3 Å². The van der Waals surface area contributed by atoms with Crippen LogP contribution in [0.1, 0.15) is 11.1 Å². The number of phenols is 1. The molecular weight excluding hydrogens is 302 g/mol. The van der Waals surface area contributed by atoms with Crippen LogP contribution in [-0.2, 0) is 6.54 Å². The quantitative estimate of drug-likeness (QED) is 0.887. The van der Waals surface area contributed by atoms with Gasteiger partial charge >= 0.3 is 0 Å². The molecule has 0 aliphatic heterocycles. The molecule has 0 amide bonds. The normalized spacial score (nSPS) is 10.1. The van der Waals surface area contributed by atoms with Gasteiger partial charge in [0.15, 0.2) is 0 Å². The molecule has 3 nitrogen and oxygen atoms in total. The molecule has 0 atom stereocenters. The average Bonchev–Trinajstić information content (AvgIpc) is 2.41. The highest BCUT2D eigenvalue weighted by atomic mass is 35.5. The van der Waals surface area contributed by atoms with Crippen molar-refractivity contribution in [2.24, 2.45) is 0 Å². The summed E-state index contributed by atoms with van der Waals surface area (Å²) in [6.07, 6.45) is 0. The van der Waals surface area contributed by atoms with E-state index >= 15 is 0 Å². The van der Waals surface area contributed by atoms with Gasteiger partial charge in [-0.3, -0.25) is 0 Å². The summed E-state index contributed by atoms with van der Waals surface area (Å²) >= 11 is 11.7. The van der Waals surface area contributed by atoms with Crippen molar-refractivity contribution in [2.75, 3.05) is 5.32 Å². The van der Waals surface area contributed by atoms with E-state index in [0.717, 1.165) is 0 Å². The van der Waals surface area contributed by atoms with Crippen LogP contribution in [0.5, 0.6) is 5.75 Å². The predicted molar refractivity (Wildman–Crippen MR) is 76.6 cm³/mol. The number of halogens is 3. The zero-order valence-corrected chi connectivity index (χ0v) is 11.6. The molecule has 0 fully saturated rings. The molecule has 0 spiro atoms. The lowest BCUT2D eigenvalue weighted by molar-refractivity contribution is 0.469. The third-order valence-electron chi connectivity index (χ3n) is 2.70. The lowest BCUT2D eigenvalue weighted by Crippen LogP contribution is -2.03. The molecule has 2 N–H and O–H groups in total. The minimum Gasteiger partial charge on any atom is -0.506 e. The number of hydrogen-bond acceptors (Lipinski definition) is 3.